The molecule has 4 aromatic rings. The Morgan fingerprint density at radius 3 is 2.77 bits per heavy atom. The lowest BCUT2D eigenvalue weighted by molar-refractivity contribution is 0.102. The van der Waals surface area contributed by atoms with E-state index in [1.54, 1.807) is 12.5 Å². The maximum atomic E-state index is 13.6. The number of pyridine rings is 1. The van der Waals surface area contributed by atoms with Crippen LogP contribution in [0, 0.1) is 0 Å². The average molecular weight is 527 g/mol. The highest BCUT2D eigenvalue weighted by Crippen LogP contribution is 2.41. The number of imidazole rings is 1. The lowest BCUT2D eigenvalue weighted by Crippen LogP contribution is -2.37. The van der Waals surface area contributed by atoms with Crippen molar-refractivity contribution in [1.82, 2.24) is 29.3 Å². The molecule has 1 saturated heterocycles. The van der Waals surface area contributed by atoms with Gasteiger partial charge in [-0.05, 0) is 44.9 Å². The van der Waals surface area contributed by atoms with Crippen LogP contribution in [0.4, 0.5) is 11.4 Å². The number of nitrogens with one attached hydrogen (secondary N) is 1. The van der Waals surface area contributed by atoms with Gasteiger partial charge in [-0.15, -0.1) is 0 Å². The second kappa shape index (κ2) is 9.19. The van der Waals surface area contributed by atoms with Gasteiger partial charge in [-0.1, -0.05) is 6.07 Å². The summed E-state index contributed by atoms with van der Waals surface area (Å²) < 4.78 is 15.7. The summed E-state index contributed by atoms with van der Waals surface area (Å²) in [6.45, 7) is 7.30. The first-order valence-corrected chi connectivity index (χ1v) is 13.3. The normalized spacial score (nSPS) is 18.1. The highest BCUT2D eigenvalue weighted by molar-refractivity contribution is 6.05. The van der Waals surface area contributed by atoms with E-state index in [4.69, 9.17) is 9.47 Å². The molecule has 200 valence electrons. The number of anilines is 2. The minimum Gasteiger partial charge on any atom is -0.488 e. The minimum absolute atomic E-state index is 0.304. The van der Waals surface area contributed by atoms with E-state index < -0.39 is 5.54 Å². The van der Waals surface area contributed by atoms with Crippen molar-refractivity contribution < 1.29 is 14.3 Å². The zero-order chi connectivity index (χ0) is 26.6. The molecule has 2 aliphatic heterocycles. The highest BCUT2D eigenvalue weighted by Gasteiger charge is 2.32. The van der Waals surface area contributed by atoms with E-state index in [0.29, 0.717) is 48.7 Å². The van der Waals surface area contributed by atoms with Crippen LogP contribution in [0.2, 0.25) is 0 Å². The fourth-order valence-electron chi connectivity index (χ4n) is 5.21. The summed E-state index contributed by atoms with van der Waals surface area (Å²) in [6, 6.07) is 7.47. The first-order valence-electron chi connectivity index (χ1n) is 13.3. The monoisotopic (exact) mass is 526 g/mol. The lowest BCUT2D eigenvalue weighted by atomic mass is 10.1. The van der Waals surface area contributed by atoms with E-state index in [1.165, 1.54) is 12.8 Å². The van der Waals surface area contributed by atoms with Crippen molar-refractivity contribution in [3.63, 3.8) is 0 Å². The fourth-order valence-corrected chi connectivity index (χ4v) is 5.21. The van der Waals surface area contributed by atoms with Crippen LogP contribution in [0.1, 0.15) is 48.8 Å². The van der Waals surface area contributed by atoms with E-state index in [2.05, 4.69) is 36.5 Å². The van der Waals surface area contributed by atoms with Crippen molar-refractivity contribution in [3.05, 3.63) is 60.7 Å². The molecule has 1 aliphatic carbocycles. The van der Waals surface area contributed by atoms with Gasteiger partial charge in [0.15, 0.2) is 11.6 Å². The molecular weight excluding hydrogens is 496 g/mol. The standard InChI is InChI=1S/C28H30N8O3/c1-28(2)15-39-25-19(26-30-16-32-36(26)28)4-3-5-20(25)33-27(37)21-12-23(35-14-22(31-17-35)18-6-7-18)24(13-29-21)34-8-10-38-11-9-34/h3-5,12-14,16-18H,6-11,15H2,1-2H3,(H,33,37). The number of hydrogen-bond acceptors (Lipinski definition) is 8. The first-order chi connectivity index (χ1) is 19.0. The molecule has 0 atom stereocenters. The summed E-state index contributed by atoms with van der Waals surface area (Å²) in [5.74, 6) is 1.48. The van der Waals surface area contributed by atoms with Crippen LogP contribution in [-0.4, -0.2) is 68.1 Å². The number of rotatable bonds is 5. The summed E-state index contributed by atoms with van der Waals surface area (Å²) in [5.41, 5.74) is 4.15. The van der Waals surface area contributed by atoms with E-state index in [-0.39, 0.29) is 5.91 Å². The Morgan fingerprint density at radius 1 is 1.10 bits per heavy atom. The maximum absolute atomic E-state index is 13.6. The van der Waals surface area contributed by atoms with Gasteiger partial charge in [0.2, 0.25) is 0 Å². The molecule has 2 fully saturated rings. The summed E-state index contributed by atoms with van der Waals surface area (Å²) in [6.07, 6.45) is 9.57. The van der Waals surface area contributed by atoms with Crippen molar-refractivity contribution in [1.29, 1.82) is 0 Å². The van der Waals surface area contributed by atoms with Crippen LogP contribution < -0.4 is 15.0 Å². The molecule has 3 aromatic heterocycles. The van der Waals surface area contributed by atoms with Crippen molar-refractivity contribution in [2.75, 3.05) is 43.1 Å². The van der Waals surface area contributed by atoms with Crippen LogP contribution in [-0.2, 0) is 10.3 Å². The molecular formula is C28H30N8O3. The molecule has 1 saturated carbocycles. The Bertz CT molecular complexity index is 1550. The van der Waals surface area contributed by atoms with Crippen molar-refractivity contribution in [2.24, 2.45) is 0 Å². The molecule has 11 nitrogen and oxygen atoms in total. The first kappa shape index (κ1) is 23.8. The number of carbonyl (C=O) groups is 1. The Balaban J connectivity index is 1.23. The number of hydrogen-bond donors (Lipinski definition) is 1. The fraction of sp³-hybridized carbons (Fsp3) is 0.393. The van der Waals surface area contributed by atoms with E-state index in [1.807, 2.05) is 53.7 Å². The summed E-state index contributed by atoms with van der Waals surface area (Å²) in [7, 11) is 0. The Labute approximate surface area is 225 Å². The number of amides is 1. The number of benzene rings is 1. The number of aromatic nitrogens is 6. The second-order valence-corrected chi connectivity index (χ2v) is 10.9. The zero-order valence-corrected chi connectivity index (χ0v) is 22.0. The molecule has 7 rings (SSSR count). The topological polar surface area (TPSA) is 112 Å². The highest BCUT2D eigenvalue weighted by atomic mass is 16.5. The summed E-state index contributed by atoms with van der Waals surface area (Å²) >= 11 is 0. The summed E-state index contributed by atoms with van der Waals surface area (Å²) in [4.78, 5) is 29.5. The van der Waals surface area contributed by atoms with Crippen molar-refractivity contribution >= 4 is 17.3 Å². The molecule has 3 aliphatic rings. The molecule has 1 aromatic carbocycles. The lowest BCUT2D eigenvalue weighted by Gasteiger charge is -2.30. The smallest absolute Gasteiger partial charge is 0.274 e. The quantitative estimate of drug-likeness (QED) is 0.420. The molecule has 0 radical (unpaired) electrons. The third kappa shape index (κ3) is 4.32. The van der Waals surface area contributed by atoms with Crippen LogP contribution in [0.25, 0.3) is 17.1 Å². The van der Waals surface area contributed by atoms with Gasteiger partial charge in [0, 0.05) is 25.2 Å². The van der Waals surface area contributed by atoms with E-state index in [9.17, 15) is 4.79 Å². The molecule has 1 amide bonds. The third-order valence-electron chi connectivity index (χ3n) is 7.52. The van der Waals surface area contributed by atoms with Gasteiger partial charge < -0.3 is 24.3 Å². The van der Waals surface area contributed by atoms with Gasteiger partial charge in [-0.3, -0.25) is 4.79 Å². The second-order valence-electron chi connectivity index (χ2n) is 10.9. The van der Waals surface area contributed by atoms with Gasteiger partial charge in [0.25, 0.3) is 5.91 Å². The number of fused-ring (bicyclic) bond motifs is 3. The average Bonchev–Trinajstić information content (AvgIpc) is 3.49. The number of para-hydroxylation sites is 1. The van der Waals surface area contributed by atoms with Crippen molar-refractivity contribution in [2.45, 2.75) is 38.1 Å². The molecule has 11 heteroatoms. The Kier molecular flexibility index (Phi) is 5.62. The van der Waals surface area contributed by atoms with E-state index >= 15 is 0 Å². The van der Waals surface area contributed by atoms with Gasteiger partial charge in [-0.2, -0.15) is 5.10 Å². The van der Waals surface area contributed by atoms with Crippen LogP contribution in [0.5, 0.6) is 5.75 Å². The van der Waals surface area contributed by atoms with Gasteiger partial charge in [-0.25, -0.2) is 19.6 Å². The maximum Gasteiger partial charge on any atom is 0.274 e. The van der Waals surface area contributed by atoms with Gasteiger partial charge in [0.05, 0.1) is 59.6 Å². The molecule has 0 spiro atoms. The molecule has 39 heavy (non-hydrogen) atoms. The SMILES string of the molecule is CC1(C)COc2c(NC(=O)c3cc(-n4cnc(C5CC5)c4)c(N4CCOCC4)cn3)cccc2-c2ncnn21. The Morgan fingerprint density at radius 2 is 1.95 bits per heavy atom. The van der Waals surface area contributed by atoms with Crippen LogP contribution in [0.15, 0.2) is 49.3 Å². The van der Waals surface area contributed by atoms with Crippen LogP contribution in [0.3, 0.4) is 0 Å². The predicted octanol–water partition coefficient (Wildman–Crippen LogP) is 3.62. The summed E-state index contributed by atoms with van der Waals surface area (Å²) in [5, 5.41) is 7.45. The van der Waals surface area contributed by atoms with Crippen LogP contribution >= 0.6 is 0 Å². The van der Waals surface area contributed by atoms with Gasteiger partial charge >= 0.3 is 0 Å². The molecule has 0 bridgehead atoms. The number of carbonyl (C=O) groups excluding carboxylic acids is 1. The number of nitrogens with zero attached hydrogens (tertiary/aromatic N) is 7. The van der Waals surface area contributed by atoms with E-state index in [0.717, 1.165) is 35.7 Å². The van der Waals surface area contributed by atoms with Crippen molar-refractivity contribution in [3.8, 4) is 22.8 Å². The molecule has 0 unspecified atom stereocenters. The number of ether oxygens (including phenoxy) is 2. The predicted molar refractivity (Wildman–Crippen MR) is 145 cm³/mol. The number of morpholine rings is 1. The Hall–Kier alpha value is -4.25. The minimum atomic E-state index is -0.401. The third-order valence-corrected chi connectivity index (χ3v) is 7.52. The van der Waals surface area contributed by atoms with Gasteiger partial charge in [0.1, 0.15) is 18.6 Å². The largest absolute Gasteiger partial charge is 0.488 e. The molecule has 5 heterocycles. The molecule has 1 N–H and O–H groups in total. The zero-order valence-electron chi connectivity index (χ0n) is 22.0.